The molecular weight excluding hydrogens is 262 g/mol. The molecule has 0 radical (unpaired) electrons. The van der Waals surface area contributed by atoms with Crippen molar-refractivity contribution in [2.24, 2.45) is 5.73 Å². The molecule has 98 valence electrons. The van der Waals surface area contributed by atoms with Crippen LogP contribution in [0.25, 0.3) is 11.1 Å². The van der Waals surface area contributed by atoms with E-state index in [9.17, 15) is 4.79 Å². The molecule has 0 saturated carbocycles. The molecule has 0 atom stereocenters. The minimum atomic E-state index is -0.620. The Morgan fingerprint density at radius 2 is 1.89 bits per heavy atom. The summed E-state index contributed by atoms with van der Waals surface area (Å²) in [6, 6.07) is 8.74. The second-order valence-corrected chi connectivity index (χ2v) is 4.72. The van der Waals surface area contributed by atoms with Gasteiger partial charge in [0.15, 0.2) is 0 Å². The van der Waals surface area contributed by atoms with E-state index in [0.717, 1.165) is 22.4 Å². The fraction of sp³-hybridized carbons (Fsp3) is 0.143. The van der Waals surface area contributed by atoms with Gasteiger partial charge in [0.1, 0.15) is 5.82 Å². The van der Waals surface area contributed by atoms with Crippen molar-refractivity contribution >= 4 is 23.4 Å². The van der Waals surface area contributed by atoms with E-state index in [4.69, 9.17) is 17.3 Å². The first-order valence-corrected chi connectivity index (χ1v) is 6.16. The Hall–Kier alpha value is -2.07. The van der Waals surface area contributed by atoms with E-state index in [1.54, 1.807) is 6.07 Å². The molecule has 1 heterocycles. The lowest BCUT2D eigenvalue weighted by Gasteiger charge is -2.12. The lowest BCUT2D eigenvalue weighted by molar-refractivity contribution is 0.259. The van der Waals surface area contributed by atoms with Gasteiger partial charge in [0.05, 0.1) is 0 Å². The number of urea groups is 1. The van der Waals surface area contributed by atoms with Crippen LogP contribution in [0.3, 0.4) is 0 Å². The molecule has 2 amide bonds. The van der Waals surface area contributed by atoms with Crippen molar-refractivity contribution in [3.05, 3.63) is 46.6 Å². The first kappa shape index (κ1) is 13.4. The number of aryl methyl sites for hydroxylation is 2. The Bertz CT molecular complexity index is 600. The quantitative estimate of drug-likeness (QED) is 0.881. The Labute approximate surface area is 116 Å². The van der Waals surface area contributed by atoms with Crippen molar-refractivity contribution in [3.63, 3.8) is 0 Å². The summed E-state index contributed by atoms with van der Waals surface area (Å²) in [5, 5.41) is 3.17. The maximum absolute atomic E-state index is 10.8. The number of nitrogens with one attached hydrogen (secondary N) is 1. The van der Waals surface area contributed by atoms with Crippen LogP contribution in [0, 0.1) is 13.8 Å². The zero-order chi connectivity index (χ0) is 14.0. The summed E-state index contributed by atoms with van der Waals surface area (Å²) >= 11 is 5.88. The second kappa shape index (κ2) is 5.28. The summed E-state index contributed by atoms with van der Waals surface area (Å²) in [6.07, 6.45) is 0. The third-order valence-corrected chi connectivity index (χ3v) is 3.03. The number of anilines is 1. The van der Waals surface area contributed by atoms with Crippen LogP contribution >= 0.6 is 11.6 Å². The topological polar surface area (TPSA) is 68.0 Å². The van der Waals surface area contributed by atoms with Crippen molar-refractivity contribution in [3.8, 4) is 11.1 Å². The van der Waals surface area contributed by atoms with E-state index >= 15 is 0 Å². The molecular formula is C14H14ClN3O. The molecule has 3 N–H and O–H groups in total. The highest BCUT2D eigenvalue weighted by molar-refractivity contribution is 6.30. The molecule has 19 heavy (non-hydrogen) atoms. The standard InChI is InChI=1S/C14H14ClN3O/c1-8-7-12(18-14(16)19)17-9(2)13(8)10-3-5-11(15)6-4-10/h3-7H,1-2H3,(H3,16,17,18,19). The van der Waals surface area contributed by atoms with E-state index in [-0.39, 0.29) is 0 Å². The highest BCUT2D eigenvalue weighted by atomic mass is 35.5. The van der Waals surface area contributed by atoms with E-state index in [1.165, 1.54) is 0 Å². The number of hydrogen-bond acceptors (Lipinski definition) is 2. The SMILES string of the molecule is Cc1cc(NC(N)=O)nc(C)c1-c1ccc(Cl)cc1. The molecule has 5 heteroatoms. The molecule has 0 aliphatic carbocycles. The van der Waals surface area contributed by atoms with Crippen LogP contribution in [0.2, 0.25) is 5.02 Å². The molecule has 4 nitrogen and oxygen atoms in total. The Kier molecular flexibility index (Phi) is 3.71. The summed E-state index contributed by atoms with van der Waals surface area (Å²) in [4.78, 5) is 15.2. The monoisotopic (exact) mass is 275 g/mol. The first-order valence-electron chi connectivity index (χ1n) is 5.78. The van der Waals surface area contributed by atoms with E-state index in [1.807, 2.05) is 38.1 Å². The van der Waals surface area contributed by atoms with Crippen LogP contribution in [-0.4, -0.2) is 11.0 Å². The number of carbonyl (C=O) groups excluding carboxylic acids is 1. The smallest absolute Gasteiger partial charge is 0.317 e. The molecule has 2 aromatic rings. The van der Waals surface area contributed by atoms with Gasteiger partial charge in [0.2, 0.25) is 0 Å². The van der Waals surface area contributed by atoms with Crippen LogP contribution in [0.1, 0.15) is 11.3 Å². The molecule has 0 saturated heterocycles. The van der Waals surface area contributed by atoms with Crippen LogP contribution in [-0.2, 0) is 0 Å². The number of halogens is 1. The zero-order valence-electron chi connectivity index (χ0n) is 10.7. The third-order valence-electron chi connectivity index (χ3n) is 2.78. The highest BCUT2D eigenvalue weighted by Gasteiger charge is 2.09. The zero-order valence-corrected chi connectivity index (χ0v) is 11.5. The van der Waals surface area contributed by atoms with Gasteiger partial charge in [-0.15, -0.1) is 0 Å². The molecule has 0 aliphatic heterocycles. The van der Waals surface area contributed by atoms with Crippen LogP contribution in [0.15, 0.2) is 30.3 Å². The van der Waals surface area contributed by atoms with Gasteiger partial charge in [0.25, 0.3) is 0 Å². The predicted molar refractivity (Wildman–Crippen MR) is 77.4 cm³/mol. The van der Waals surface area contributed by atoms with E-state index in [2.05, 4.69) is 10.3 Å². The molecule has 0 bridgehead atoms. The number of nitrogens with zero attached hydrogens (tertiary/aromatic N) is 1. The molecule has 1 aromatic carbocycles. The maximum Gasteiger partial charge on any atom is 0.317 e. The van der Waals surface area contributed by atoms with Gasteiger partial charge in [-0.05, 0) is 43.2 Å². The van der Waals surface area contributed by atoms with Crippen molar-refractivity contribution in [1.29, 1.82) is 0 Å². The molecule has 2 rings (SSSR count). The predicted octanol–water partition coefficient (Wildman–Crippen LogP) is 3.51. The summed E-state index contributed by atoms with van der Waals surface area (Å²) in [6.45, 7) is 3.86. The highest BCUT2D eigenvalue weighted by Crippen LogP contribution is 2.28. The van der Waals surface area contributed by atoms with Gasteiger partial charge in [-0.2, -0.15) is 0 Å². The number of carbonyl (C=O) groups is 1. The normalized spacial score (nSPS) is 10.3. The largest absolute Gasteiger partial charge is 0.351 e. The Balaban J connectivity index is 2.47. The average molecular weight is 276 g/mol. The Morgan fingerprint density at radius 1 is 1.26 bits per heavy atom. The first-order chi connectivity index (χ1) is 8.97. The lowest BCUT2D eigenvalue weighted by atomic mass is 9.99. The van der Waals surface area contributed by atoms with Gasteiger partial charge in [-0.3, -0.25) is 5.32 Å². The van der Waals surface area contributed by atoms with Gasteiger partial charge < -0.3 is 5.73 Å². The summed E-state index contributed by atoms with van der Waals surface area (Å²) in [5.41, 5.74) is 9.00. The van der Waals surface area contributed by atoms with E-state index in [0.29, 0.717) is 10.8 Å². The molecule has 0 spiro atoms. The number of amides is 2. The second-order valence-electron chi connectivity index (χ2n) is 4.28. The number of hydrogen-bond donors (Lipinski definition) is 2. The number of pyridine rings is 1. The van der Waals surface area contributed by atoms with Crippen LogP contribution < -0.4 is 11.1 Å². The van der Waals surface area contributed by atoms with Gasteiger partial charge in [-0.25, -0.2) is 9.78 Å². The maximum atomic E-state index is 10.8. The summed E-state index contributed by atoms with van der Waals surface area (Å²) < 4.78 is 0. The molecule has 0 fully saturated rings. The summed E-state index contributed by atoms with van der Waals surface area (Å²) in [5.74, 6) is 0.459. The minimum absolute atomic E-state index is 0.459. The summed E-state index contributed by atoms with van der Waals surface area (Å²) in [7, 11) is 0. The van der Waals surface area contributed by atoms with Crippen LogP contribution in [0.4, 0.5) is 10.6 Å². The minimum Gasteiger partial charge on any atom is -0.351 e. The number of nitrogens with two attached hydrogens (primary N) is 1. The average Bonchev–Trinajstić information content (AvgIpc) is 2.29. The van der Waals surface area contributed by atoms with Gasteiger partial charge in [-0.1, -0.05) is 23.7 Å². The van der Waals surface area contributed by atoms with Gasteiger partial charge in [0, 0.05) is 16.3 Å². The van der Waals surface area contributed by atoms with Crippen molar-refractivity contribution < 1.29 is 4.79 Å². The number of aromatic nitrogens is 1. The third kappa shape index (κ3) is 3.03. The van der Waals surface area contributed by atoms with Crippen molar-refractivity contribution in [2.45, 2.75) is 13.8 Å². The van der Waals surface area contributed by atoms with Crippen molar-refractivity contribution in [2.75, 3.05) is 5.32 Å². The van der Waals surface area contributed by atoms with Crippen LogP contribution in [0.5, 0.6) is 0 Å². The van der Waals surface area contributed by atoms with Gasteiger partial charge >= 0.3 is 6.03 Å². The molecule has 0 unspecified atom stereocenters. The fourth-order valence-electron chi connectivity index (χ4n) is 2.07. The number of rotatable bonds is 2. The fourth-order valence-corrected chi connectivity index (χ4v) is 2.20. The Morgan fingerprint density at radius 3 is 2.42 bits per heavy atom. The number of primary amides is 1. The van der Waals surface area contributed by atoms with E-state index < -0.39 is 6.03 Å². The molecule has 0 aliphatic rings. The number of benzene rings is 1. The molecule has 1 aromatic heterocycles. The lowest BCUT2D eigenvalue weighted by Crippen LogP contribution is -2.20. The van der Waals surface area contributed by atoms with Crippen molar-refractivity contribution in [1.82, 2.24) is 4.98 Å².